The Morgan fingerprint density at radius 1 is 1.11 bits per heavy atom. The van der Waals surface area contributed by atoms with Crippen molar-refractivity contribution in [3.63, 3.8) is 0 Å². The number of nitrogens with one attached hydrogen (secondary N) is 1. The predicted octanol–water partition coefficient (Wildman–Crippen LogP) is 2.51. The minimum absolute atomic E-state index is 0.0357. The Morgan fingerprint density at radius 3 is 2.32 bits per heavy atom. The molecule has 0 heterocycles. The molecule has 2 rings (SSSR count). The maximum absolute atomic E-state index is 12.9. The number of ether oxygens (including phenoxy) is 2. The Labute approximate surface area is 166 Å². The molecule has 0 aliphatic rings. The van der Waals surface area contributed by atoms with Gasteiger partial charge in [-0.1, -0.05) is 18.2 Å². The van der Waals surface area contributed by atoms with E-state index in [9.17, 15) is 13.2 Å². The molecule has 0 aromatic heterocycles. The van der Waals surface area contributed by atoms with Gasteiger partial charge in [0, 0.05) is 7.05 Å². The highest BCUT2D eigenvalue weighted by molar-refractivity contribution is 7.89. The summed E-state index contributed by atoms with van der Waals surface area (Å²) >= 11 is 0. The minimum atomic E-state index is -3.88. The smallest absolute Gasteiger partial charge is 0.246 e. The highest BCUT2D eigenvalue weighted by Crippen LogP contribution is 2.27. The van der Waals surface area contributed by atoms with Crippen molar-refractivity contribution < 1.29 is 22.7 Å². The molecule has 0 aliphatic carbocycles. The molecule has 1 N–H and O–H groups in total. The van der Waals surface area contributed by atoms with Crippen molar-refractivity contribution in [2.45, 2.75) is 24.8 Å². The molecule has 1 unspecified atom stereocenters. The van der Waals surface area contributed by atoms with Crippen LogP contribution in [0.2, 0.25) is 0 Å². The third-order valence-electron chi connectivity index (χ3n) is 4.37. The van der Waals surface area contributed by atoms with Crippen LogP contribution < -0.4 is 14.8 Å². The summed E-state index contributed by atoms with van der Waals surface area (Å²) in [5.41, 5.74) is 1.67. The molecule has 1 atom stereocenters. The van der Waals surface area contributed by atoms with Crippen LogP contribution in [0, 0.1) is 6.92 Å². The summed E-state index contributed by atoms with van der Waals surface area (Å²) in [4.78, 5) is 12.4. The number of hydrogen-bond acceptors (Lipinski definition) is 5. The zero-order valence-electron chi connectivity index (χ0n) is 16.7. The molecule has 2 aromatic rings. The van der Waals surface area contributed by atoms with E-state index in [0.717, 1.165) is 21.2 Å². The van der Waals surface area contributed by atoms with Crippen LogP contribution in [0.1, 0.15) is 24.1 Å². The summed E-state index contributed by atoms with van der Waals surface area (Å²) in [6.45, 7) is 3.32. The van der Waals surface area contributed by atoms with Crippen LogP contribution in [-0.4, -0.2) is 46.4 Å². The second-order valence-electron chi connectivity index (χ2n) is 6.48. The first kappa shape index (κ1) is 21.7. The Kier molecular flexibility index (Phi) is 7.04. The van der Waals surface area contributed by atoms with Gasteiger partial charge in [0.05, 0.1) is 26.8 Å². The van der Waals surface area contributed by atoms with Gasteiger partial charge in [-0.25, -0.2) is 8.42 Å². The van der Waals surface area contributed by atoms with Crippen molar-refractivity contribution in [1.82, 2.24) is 9.62 Å². The average molecular weight is 407 g/mol. The maximum Gasteiger partial charge on any atom is 0.246 e. The lowest BCUT2D eigenvalue weighted by molar-refractivity contribution is -0.121. The molecule has 0 fully saturated rings. The average Bonchev–Trinajstić information content (AvgIpc) is 2.67. The van der Waals surface area contributed by atoms with E-state index >= 15 is 0 Å². The fraction of sp³-hybridized carbons (Fsp3) is 0.350. The van der Waals surface area contributed by atoms with E-state index in [1.807, 2.05) is 19.1 Å². The Balaban J connectivity index is 2.09. The number of nitrogens with zero attached hydrogens (tertiary/aromatic N) is 1. The van der Waals surface area contributed by atoms with Crippen LogP contribution in [0.4, 0.5) is 0 Å². The van der Waals surface area contributed by atoms with E-state index in [2.05, 4.69) is 5.32 Å². The molecule has 0 saturated carbocycles. The molecule has 0 aliphatic heterocycles. The molecule has 1 amide bonds. The third kappa shape index (κ3) is 5.02. The first-order valence-corrected chi connectivity index (χ1v) is 10.2. The van der Waals surface area contributed by atoms with E-state index in [0.29, 0.717) is 0 Å². The standard InChI is InChI=1S/C20H26N2O5S/c1-14-6-11-18(27-5)19(12-14)28(24,25)22(3)13-20(23)21-15(2)16-7-9-17(26-4)10-8-16/h6-12,15H,13H2,1-5H3,(H,21,23). The predicted molar refractivity (Wildman–Crippen MR) is 107 cm³/mol. The zero-order valence-corrected chi connectivity index (χ0v) is 17.5. The first-order chi connectivity index (χ1) is 13.2. The SMILES string of the molecule is COc1ccc(C(C)NC(=O)CN(C)S(=O)(=O)c2cc(C)ccc2OC)cc1. The number of aryl methyl sites for hydroxylation is 1. The van der Waals surface area contributed by atoms with E-state index in [1.165, 1.54) is 20.2 Å². The molecule has 0 bridgehead atoms. The van der Waals surface area contributed by atoms with Crippen molar-refractivity contribution in [2.24, 2.45) is 0 Å². The van der Waals surface area contributed by atoms with Crippen LogP contribution in [0.3, 0.4) is 0 Å². The van der Waals surface area contributed by atoms with Crippen LogP contribution in [0.5, 0.6) is 11.5 Å². The lowest BCUT2D eigenvalue weighted by atomic mass is 10.1. The van der Waals surface area contributed by atoms with E-state index < -0.39 is 15.9 Å². The highest BCUT2D eigenvalue weighted by atomic mass is 32.2. The normalized spacial score (nSPS) is 12.5. The fourth-order valence-corrected chi connectivity index (χ4v) is 4.07. The Hall–Kier alpha value is -2.58. The second-order valence-corrected chi connectivity index (χ2v) is 8.49. The van der Waals surface area contributed by atoms with Gasteiger partial charge in [-0.15, -0.1) is 0 Å². The largest absolute Gasteiger partial charge is 0.497 e. The van der Waals surface area contributed by atoms with Crippen LogP contribution in [0.25, 0.3) is 0 Å². The van der Waals surface area contributed by atoms with Gasteiger partial charge >= 0.3 is 0 Å². The number of hydrogen-bond donors (Lipinski definition) is 1. The summed E-state index contributed by atoms with van der Waals surface area (Å²) < 4.78 is 37.1. The van der Waals surface area contributed by atoms with Crippen molar-refractivity contribution in [3.05, 3.63) is 53.6 Å². The molecular formula is C20H26N2O5S. The van der Waals surface area contributed by atoms with Crippen LogP contribution in [-0.2, 0) is 14.8 Å². The lowest BCUT2D eigenvalue weighted by Crippen LogP contribution is -2.39. The number of sulfonamides is 1. The van der Waals surface area contributed by atoms with Gasteiger partial charge in [0.2, 0.25) is 15.9 Å². The van der Waals surface area contributed by atoms with E-state index in [4.69, 9.17) is 9.47 Å². The van der Waals surface area contributed by atoms with E-state index in [1.54, 1.807) is 38.3 Å². The fourth-order valence-electron chi connectivity index (χ4n) is 2.70. The van der Waals surface area contributed by atoms with Gasteiger partial charge in [-0.3, -0.25) is 4.79 Å². The highest BCUT2D eigenvalue weighted by Gasteiger charge is 2.27. The number of benzene rings is 2. The molecule has 28 heavy (non-hydrogen) atoms. The quantitative estimate of drug-likeness (QED) is 0.728. The number of likely N-dealkylation sites (N-methyl/N-ethyl adjacent to an activating group) is 1. The Bertz CT molecular complexity index is 926. The molecule has 152 valence electrons. The van der Waals surface area contributed by atoms with Crippen LogP contribution in [0.15, 0.2) is 47.4 Å². The van der Waals surface area contributed by atoms with E-state index in [-0.39, 0.29) is 23.2 Å². The molecular weight excluding hydrogens is 380 g/mol. The van der Waals surface area contributed by atoms with Gasteiger partial charge in [-0.05, 0) is 49.2 Å². The van der Waals surface area contributed by atoms with Gasteiger partial charge in [0.15, 0.2) is 0 Å². The summed E-state index contributed by atoms with van der Waals surface area (Å²) in [7, 11) is 0.485. The lowest BCUT2D eigenvalue weighted by Gasteiger charge is -2.20. The van der Waals surface area contributed by atoms with Crippen molar-refractivity contribution in [3.8, 4) is 11.5 Å². The summed E-state index contributed by atoms with van der Waals surface area (Å²) in [5, 5.41) is 2.81. The van der Waals surface area contributed by atoms with Gasteiger partial charge in [0.25, 0.3) is 0 Å². The topological polar surface area (TPSA) is 84.9 Å². The summed E-state index contributed by atoms with van der Waals surface area (Å²) in [6.07, 6.45) is 0. The Morgan fingerprint density at radius 2 is 1.75 bits per heavy atom. The summed E-state index contributed by atoms with van der Waals surface area (Å²) in [6, 6.07) is 11.9. The number of rotatable bonds is 8. The van der Waals surface area contributed by atoms with Crippen molar-refractivity contribution in [2.75, 3.05) is 27.8 Å². The molecule has 0 saturated heterocycles. The first-order valence-electron chi connectivity index (χ1n) is 8.73. The molecule has 7 nitrogen and oxygen atoms in total. The zero-order chi connectivity index (χ0) is 20.9. The number of methoxy groups -OCH3 is 2. The monoisotopic (exact) mass is 406 g/mol. The summed E-state index contributed by atoms with van der Waals surface area (Å²) in [5.74, 6) is 0.561. The maximum atomic E-state index is 12.9. The number of carbonyl (C=O) groups is 1. The number of carbonyl (C=O) groups excluding carboxylic acids is 1. The number of amides is 1. The van der Waals surface area contributed by atoms with Gasteiger partial charge in [-0.2, -0.15) is 4.31 Å². The van der Waals surface area contributed by atoms with Gasteiger partial charge in [0.1, 0.15) is 16.4 Å². The third-order valence-corrected chi connectivity index (χ3v) is 6.19. The van der Waals surface area contributed by atoms with Crippen molar-refractivity contribution >= 4 is 15.9 Å². The molecule has 0 radical (unpaired) electrons. The molecule has 2 aromatic carbocycles. The van der Waals surface area contributed by atoms with Crippen LogP contribution >= 0.6 is 0 Å². The minimum Gasteiger partial charge on any atom is -0.497 e. The van der Waals surface area contributed by atoms with Crippen molar-refractivity contribution in [1.29, 1.82) is 0 Å². The molecule has 0 spiro atoms. The van der Waals surface area contributed by atoms with Gasteiger partial charge < -0.3 is 14.8 Å². The second kappa shape index (κ2) is 9.07. The molecule has 8 heteroatoms.